The van der Waals surface area contributed by atoms with Gasteiger partial charge in [-0.05, 0) is 57.8 Å². The first kappa shape index (κ1) is 14.8. The lowest BCUT2D eigenvalue weighted by atomic mass is 9.77. The Morgan fingerprint density at radius 3 is 2.57 bits per heavy atom. The van der Waals surface area contributed by atoms with Gasteiger partial charge in [0.25, 0.3) is 5.91 Å². The van der Waals surface area contributed by atoms with Gasteiger partial charge in [-0.3, -0.25) is 4.79 Å². The summed E-state index contributed by atoms with van der Waals surface area (Å²) in [5, 5.41) is 3.02. The summed E-state index contributed by atoms with van der Waals surface area (Å²) in [6.07, 6.45) is 7.35. The van der Waals surface area contributed by atoms with Gasteiger partial charge < -0.3 is 10.2 Å². The topological polar surface area (TPSA) is 53.9 Å². The predicted octanol–water partition coefficient (Wildman–Crippen LogP) is 0.902. The minimum Gasteiger partial charge on any atom is -0.323 e. The van der Waals surface area contributed by atoms with Crippen LogP contribution in [0.15, 0.2) is 0 Å². The van der Waals surface area contributed by atoms with Crippen molar-refractivity contribution in [3.05, 3.63) is 0 Å². The molecule has 1 saturated carbocycles. The average molecular weight is 294 g/mol. The Morgan fingerprint density at radius 2 is 1.90 bits per heavy atom. The summed E-state index contributed by atoms with van der Waals surface area (Å²) in [7, 11) is 0. The number of carbonyl (C=O) groups excluding carboxylic acids is 2. The number of nitrogens with one attached hydrogen (secondary N) is 2. The Bertz CT molecular complexity index is 429. The summed E-state index contributed by atoms with van der Waals surface area (Å²) in [6, 6.07) is 0.377. The van der Waals surface area contributed by atoms with E-state index in [0.717, 1.165) is 32.2 Å². The number of imide groups is 1. The van der Waals surface area contributed by atoms with Crippen LogP contribution < -0.4 is 10.2 Å². The van der Waals surface area contributed by atoms with Crippen molar-refractivity contribution in [3.63, 3.8) is 0 Å². The first-order valence-electron chi connectivity index (χ1n) is 8.50. The minimum atomic E-state index is -0.581. The smallest absolute Gasteiger partial charge is 0.323 e. The largest absolute Gasteiger partial charge is 0.329 e. The molecule has 2 N–H and O–H groups in total. The first-order chi connectivity index (χ1) is 10.0. The fourth-order valence-corrected chi connectivity index (χ4v) is 4.10. The van der Waals surface area contributed by atoms with Crippen molar-refractivity contribution >= 4 is 11.9 Å². The van der Waals surface area contributed by atoms with Gasteiger partial charge in [-0.15, -0.1) is 0 Å². The van der Waals surface area contributed by atoms with E-state index in [4.69, 9.17) is 0 Å². The van der Waals surface area contributed by atoms with E-state index in [9.17, 15) is 9.59 Å². The Hall–Kier alpha value is -1.10. The molecule has 1 unspecified atom stereocenters. The molecule has 5 heteroatoms. The number of carbonyl (C=O) groups is 2. The Balaban J connectivity index is 1.69. The number of urea groups is 1. The van der Waals surface area contributed by atoms with Gasteiger partial charge in [0.2, 0.25) is 0 Å². The minimum absolute atomic E-state index is 0.0321. The van der Waals surface area contributed by atoms with Crippen LogP contribution in [-0.2, 0) is 4.79 Å². The molecule has 3 amide bonds. The van der Waals surface area contributed by atoms with Crippen molar-refractivity contribution in [1.29, 1.82) is 0 Å². The van der Waals surface area contributed by atoms with Gasteiger partial charge in [-0.25, -0.2) is 9.69 Å². The van der Waals surface area contributed by atoms with Crippen LogP contribution in [0.25, 0.3) is 0 Å². The summed E-state index contributed by atoms with van der Waals surface area (Å²) in [5.41, 5.74) is -0.581. The van der Waals surface area contributed by atoms with Crippen molar-refractivity contribution in [2.75, 3.05) is 13.2 Å². The van der Waals surface area contributed by atoms with Crippen LogP contribution in [0, 0.1) is 5.92 Å². The standard InChI is InChI=1S/C16H27N3O2/c1-12-6-8-16(9-7-12)14(20)19(15(21)17-16)11-18-10-4-3-5-13(18)2/h12-13H,3-11H2,1-2H3,(H,17,21)/p+1/t12?,13-,16?/m0/s1. The second-order valence-electron chi connectivity index (χ2n) is 7.39. The number of likely N-dealkylation sites (tertiary alicyclic amines) is 1. The van der Waals surface area contributed by atoms with Crippen molar-refractivity contribution < 1.29 is 14.5 Å². The highest BCUT2D eigenvalue weighted by molar-refractivity contribution is 6.06. The van der Waals surface area contributed by atoms with E-state index in [0.29, 0.717) is 18.6 Å². The zero-order valence-electron chi connectivity index (χ0n) is 13.3. The van der Waals surface area contributed by atoms with Crippen LogP contribution in [0.1, 0.15) is 58.8 Å². The third kappa shape index (κ3) is 2.68. The normalized spacial score (nSPS) is 40.7. The Labute approximate surface area is 127 Å². The highest BCUT2D eigenvalue weighted by Crippen LogP contribution is 2.35. The lowest BCUT2D eigenvalue weighted by Crippen LogP contribution is -3.17. The molecular formula is C16H28N3O2+. The number of amides is 3. The second kappa shape index (κ2) is 5.59. The first-order valence-corrected chi connectivity index (χ1v) is 8.50. The molecule has 1 spiro atoms. The van der Waals surface area contributed by atoms with E-state index in [-0.39, 0.29) is 11.9 Å². The summed E-state index contributed by atoms with van der Waals surface area (Å²) in [6.45, 7) is 6.07. The molecule has 3 rings (SSSR count). The van der Waals surface area contributed by atoms with Gasteiger partial charge in [-0.1, -0.05) is 6.92 Å². The molecule has 21 heavy (non-hydrogen) atoms. The molecule has 1 aliphatic carbocycles. The number of nitrogens with zero attached hydrogens (tertiary/aromatic N) is 1. The predicted molar refractivity (Wildman–Crippen MR) is 79.8 cm³/mol. The van der Waals surface area contributed by atoms with Gasteiger partial charge in [0.05, 0.1) is 12.6 Å². The van der Waals surface area contributed by atoms with Crippen LogP contribution in [0.4, 0.5) is 4.79 Å². The molecule has 118 valence electrons. The summed E-state index contributed by atoms with van der Waals surface area (Å²) < 4.78 is 0. The number of piperidine rings is 1. The molecule has 0 aromatic rings. The lowest BCUT2D eigenvalue weighted by Gasteiger charge is -2.34. The Morgan fingerprint density at radius 1 is 1.19 bits per heavy atom. The maximum absolute atomic E-state index is 12.8. The maximum Gasteiger partial charge on any atom is 0.329 e. The van der Waals surface area contributed by atoms with Crippen molar-refractivity contribution in [1.82, 2.24) is 10.2 Å². The van der Waals surface area contributed by atoms with Crippen molar-refractivity contribution in [2.24, 2.45) is 5.92 Å². The van der Waals surface area contributed by atoms with Crippen molar-refractivity contribution in [2.45, 2.75) is 70.4 Å². The average Bonchev–Trinajstić information content (AvgIpc) is 2.69. The molecule has 5 nitrogen and oxygen atoms in total. The molecular weight excluding hydrogens is 266 g/mol. The Kier molecular flexibility index (Phi) is 3.95. The highest BCUT2D eigenvalue weighted by atomic mass is 16.2. The molecule has 0 bridgehead atoms. The van der Waals surface area contributed by atoms with E-state index in [1.54, 1.807) is 0 Å². The van der Waals surface area contributed by atoms with Crippen molar-refractivity contribution in [3.8, 4) is 0 Å². The summed E-state index contributed by atoms with van der Waals surface area (Å²) in [4.78, 5) is 28.0. The van der Waals surface area contributed by atoms with Crippen LogP contribution in [0.2, 0.25) is 0 Å². The van der Waals surface area contributed by atoms with Gasteiger partial charge in [0.1, 0.15) is 5.54 Å². The van der Waals surface area contributed by atoms with E-state index in [1.807, 2.05) is 0 Å². The molecule has 2 atom stereocenters. The number of hydrogen-bond donors (Lipinski definition) is 2. The van der Waals surface area contributed by atoms with Crippen LogP contribution in [0.3, 0.4) is 0 Å². The highest BCUT2D eigenvalue weighted by Gasteiger charge is 2.53. The van der Waals surface area contributed by atoms with E-state index in [2.05, 4.69) is 19.2 Å². The molecule has 2 saturated heterocycles. The van der Waals surface area contributed by atoms with E-state index in [1.165, 1.54) is 29.1 Å². The number of rotatable bonds is 2. The van der Waals surface area contributed by atoms with Gasteiger partial charge in [-0.2, -0.15) is 0 Å². The SMILES string of the molecule is CC1CCC2(CC1)NC(=O)N(C[NH+]1CCCC[C@@H]1C)C2=O. The lowest BCUT2D eigenvalue weighted by molar-refractivity contribution is -0.935. The molecule has 3 aliphatic rings. The molecule has 0 radical (unpaired) electrons. The maximum atomic E-state index is 12.8. The molecule has 0 aromatic heterocycles. The van der Waals surface area contributed by atoms with Crippen LogP contribution in [0.5, 0.6) is 0 Å². The monoisotopic (exact) mass is 294 g/mol. The quantitative estimate of drug-likeness (QED) is 0.744. The van der Waals surface area contributed by atoms with Crippen LogP contribution >= 0.6 is 0 Å². The van der Waals surface area contributed by atoms with Gasteiger partial charge in [0.15, 0.2) is 6.67 Å². The zero-order valence-corrected chi connectivity index (χ0v) is 13.3. The third-order valence-corrected chi connectivity index (χ3v) is 5.82. The molecule has 3 fully saturated rings. The van der Waals surface area contributed by atoms with Crippen LogP contribution in [-0.4, -0.2) is 41.6 Å². The van der Waals surface area contributed by atoms with E-state index >= 15 is 0 Å². The number of hydrogen-bond acceptors (Lipinski definition) is 2. The summed E-state index contributed by atoms with van der Waals surface area (Å²) in [5.74, 6) is 0.701. The third-order valence-electron chi connectivity index (χ3n) is 5.82. The van der Waals surface area contributed by atoms with Gasteiger partial charge >= 0.3 is 6.03 Å². The molecule has 2 aliphatic heterocycles. The van der Waals surface area contributed by atoms with Gasteiger partial charge in [0, 0.05) is 0 Å². The number of quaternary nitrogens is 1. The fourth-order valence-electron chi connectivity index (χ4n) is 4.10. The van der Waals surface area contributed by atoms with E-state index < -0.39 is 5.54 Å². The second-order valence-corrected chi connectivity index (χ2v) is 7.39. The zero-order chi connectivity index (χ0) is 15.0. The summed E-state index contributed by atoms with van der Waals surface area (Å²) >= 11 is 0. The molecule has 0 aromatic carbocycles. The fraction of sp³-hybridized carbons (Fsp3) is 0.875. The molecule has 2 heterocycles.